The van der Waals surface area contributed by atoms with Crippen LogP contribution in [-0.2, 0) is 11.3 Å². The van der Waals surface area contributed by atoms with E-state index in [0.29, 0.717) is 19.2 Å². The summed E-state index contributed by atoms with van der Waals surface area (Å²) in [5.74, 6) is 2.66. The Morgan fingerprint density at radius 3 is 2.53 bits per heavy atom. The highest BCUT2D eigenvalue weighted by Gasteiger charge is 2.22. The van der Waals surface area contributed by atoms with Gasteiger partial charge in [0, 0.05) is 57.4 Å². The predicted molar refractivity (Wildman–Crippen MR) is 127 cm³/mol. The van der Waals surface area contributed by atoms with Crippen LogP contribution < -0.4 is 20.1 Å². The Hall–Kier alpha value is -2.48. The normalized spacial score (nSPS) is 18.2. The second kappa shape index (κ2) is 11.9. The van der Waals surface area contributed by atoms with Crippen LogP contribution in [0.15, 0.2) is 23.2 Å². The summed E-state index contributed by atoms with van der Waals surface area (Å²) in [6, 6.07) is 6.20. The molecule has 178 valence electrons. The fourth-order valence-electron chi connectivity index (χ4n) is 4.30. The molecule has 1 aromatic carbocycles. The second-order valence-corrected chi connectivity index (χ2v) is 8.88. The minimum atomic E-state index is 0.0882. The number of rotatable bonds is 8. The summed E-state index contributed by atoms with van der Waals surface area (Å²) in [6.07, 6.45) is 5.00. The lowest BCUT2D eigenvalue weighted by atomic mass is 10.1. The number of hydrogen-bond acceptors (Lipinski definition) is 5. The monoisotopic (exact) mass is 445 g/mol. The predicted octanol–water partition coefficient (Wildman–Crippen LogP) is 2.23. The first-order valence-corrected chi connectivity index (χ1v) is 11.8. The van der Waals surface area contributed by atoms with Crippen molar-refractivity contribution in [3.63, 3.8) is 0 Å². The van der Waals surface area contributed by atoms with Crippen LogP contribution in [0, 0.1) is 0 Å². The number of carbonyl (C=O) groups excluding carboxylic acids is 1. The molecular formula is C24H39N5O3. The molecule has 1 aromatic rings. The van der Waals surface area contributed by atoms with Gasteiger partial charge in [0.15, 0.2) is 5.96 Å². The van der Waals surface area contributed by atoms with Crippen LogP contribution >= 0.6 is 0 Å². The molecule has 8 nitrogen and oxygen atoms in total. The molecule has 0 unspecified atom stereocenters. The largest absolute Gasteiger partial charge is 0.497 e. The number of piperazine rings is 1. The van der Waals surface area contributed by atoms with Gasteiger partial charge in [-0.1, -0.05) is 0 Å². The summed E-state index contributed by atoms with van der Waals surface area (Å²) in [4.78, 5) is 21.0. The number of guanidine groups is 1. The third-order valence-corrected chi connectivity index (χ3v) is 6.01. The van der Waals surface area contributed by atoms with E-state index in [1.165, 1.54) is 12.8 Å². The molecule has 0 radical (unpaired) electrons. The van der Waals surface area contributed by atoms with Crippen molar-refractivity contribution in [1.29, 1.82) is 0 Å². The van der Waals surface area contributed by atoms with Crippen LogP contribution in [0.25, 0.3) is 0 Å². The van der Waals surface area contributed by atoms with Crippen LogP contribution in [0.2, 0.25) is 0 Å². The van der Waals surface area contributed by atoms with Crippen molar-refractivity contribution in [3.8, 4) is 11.5 Å². The highest BCUT2D eigenvalue weighted by molar-refractivity contribution is 5.80. The van der Waals surface area contributed by atoms with Gasteiger partial charge >= 0.3 is 0 Å². The van der Waals surface area contributed by atoms with E-state index in [1.54, 1.807) is 7.11 Å². The Morgan fingerprint density at radius 1 is 1.19 bits per heavy atom. The summed E-state index contributed by atoms with van der Waals surface area (Å²) in [5.41, 5.74) is 1.10. The molecule has 1 saturated heterocycles. The van der Waals surface area contributed by atoms with Gasteiger partial charge in [0.25, 0.3) is 0 Å². The van der Waals surface area contributed by atoms with Gasteiger partial charge in [0.1, 0.15) is 11.5 Å². The Morgan fingerprint density at radius 2 is 1.91 bits per heavy atom. The van der Waals surface area contributed by atoms with Crippen molar-refractivity contribution in [3.05, 3.63) is 23.8 Å². The SMILES string of the molecule is CN=C(NCc1ccc(OC)cc1OC1CCCC1)N1CCN(CC(=O)NC(C)C)CC1. The molecule has 2 N–H and O–H groups in total. The van der Waals surface area contributed by atoms with E-state index < -0.39 is 0 Å². The molecule has 1 aliphatic heterocycles. The number of ether oxygens (including phenoxy) is 2. The van der Waals surface area contributed by atoms with Crippen molar-refractivity contribution in [1.82, 2.24) is 20.4 Å². The van der Waals surface area contributed by atoms with Gasteiger partial charge in [-0.25, -0.2) is 0 Å². The van der Waals surface area contributed by atoms with E-state index in [-0.39, 0.29) is 11.9 Å². The lowest BCUT2D eigenvalue weighted by Gasteiger charge is -2.36. The van der Waals surface area contributed by atoms with Crippen molar-refractivity contribution in [2.24, 2.45) is 4.99 Å². The fourth-order valence-corrected chi connectivity index (χ4v) is 4.30. The number of benzene rings is 1. The molecular weight excluding hydrogens is 406 g/mol. The minimum absolute atomic E-state index is 0.0882. The molecule has 8 heteroatoms. The van der Waals surface area contributed by atoms with Crippen molar-refractivity contribution in [2.75, 3.05) is 46.9 Å². The number of carbonyl (C=O) groups is 1. The number of amides is 1. The summed E-state index contributed by atoms with van der Waals surface area (Å²) in [6.45, 7) is 8.40. The maximum absolute atomic E-state index is 12.0. The summed E-state index contributed by atoms with van der Waals surface area (Å²) >= 11 is 0. The lowest BCUT2D eigenvalue weighted by molar-refractivity contribution is -0.123. The zero-order chi connectivity index (χ0) is 22.9. The average molecular weight is 446 g/mol. The molecule has 1 heterocycles. The van der Waals surface area contributed by atoms with Crippen LogP contribution in [0.5, 0.6) is 11.5 Å². The van der Waals surface area contributed by atoms with Gasteiger partial charge in [-0.3, -0.25) is 14.7 Å². The average Bonchev–Trinajstić information content (AvgIpc) is 3.28. The third-order valence-electron chi connectivity index (χ3n) is 6.01. The first kappa shape index (κ1) is 24.2. The van der Waals surface area contributed by atoms with E-state index in [2.05, 4.69) is 31.5 Å². The highest BCUT2D eigenvalue weighted by Crippen LogP contribution is 2.30. The van der Waals surface area contributed by atoms with Gasteiger partial charge in [-0.05, 0) is 51.7 Å². The maximum Gasteiger partial charge on any atom is 0.234 e. The Balaban J connectivity index is 1.54. The molecule has 1 saturated carbocycles. The topological polar surface area (TPSA) is 78.4 Å². The molecule has 1 amide bonds. The molecule has 0 aromatic heterocycles. The lowest BCUT2D eigenvalue weighted by Crippen LogP contribution is -2.54. The maximum atomic E-state index is 12.0. The molecule has 1 aliphatic carbocycles. The first-order valence-electron chi connectivity index (χ1n) is 11.8. The van der Waals surface area contributed by atoms with Gasteiger partial charge in [-0.2, -0.15) is 0 Å². The zero-order valence-corrected chi connectivity index (χ0v) is 20.0. The third kappa shape index (κ3) is 7.02. The van der Waals surface area contributed by atoms with E-state index >= 15 is 0 Å². The summed E-state index contributed by atoms with van der Waals surface area (Å²) in [7, 11) is 3.50. The fraction of sp³-hybridized carbons (Fsp3) is 0.667. The minimum Gasteiger partial charge on any atom is -0.497 e. The van der Waals surface area contributed by atoms with Crippen molar-refractivity contribution >= 4 is 11.9 Å². The zero-order valence-electron chi connectivity index (χ0n) is 20.0. The molecule has 32 heavy (non-hydrogen) atoms. The first-order chi connectivity index (χ1) is 15.5. The Kier molecular flexibility index (Phi) is 9.02. The van der Waals surface area contributed by atoms with Gasteiger partial charge in [0.2, 0.25) is 5.91 Å². The van der Waals surface area contributed by atoms with E-state index in [4.69, 9.17) is 9.47 Å². The van der Waals surface area contributed by atoms with Gasteiger partial charge in [0.05, 0.1) is 19.8 Å². The molecule has 0 bridgehead atoms. The van der Waals surface area contributed by atoms with E-state index in [1.807, 2.05) is 33.0 Å². The van der Waals surface area contributed by atoms with Crippen molar-refractivity contribution in [2.45, 2.75) is 58.2 Å². The Bertz CT molecular complexity index is 769. The number of aliphatic imine (C=N–C) groups is 1. The van der Waals surface area contributed by atoms with E-state index in [9.17, 15) is 4.79 Å². The Labute approximate surface area is 192 Å². The smallest absolute Gasteiger partial charge is 0.234 e. The van der Waals surface area contributed by atoms with Crippen LogP contribution in [0.3, 0.4) is 0 Å². The molecule has 2 aliphatic rings. The molecule has 0 spiro atoms. The molecule has 0 atom stereocenters. The van der Waals surface area contributed by atoms with E-state index in [0.717, 1.165) is 62.0 Å². The van der Waals surface area contributed by atoms with Crippen molar-refractivity contribution < 1.29 is 14.3 Å². The summed E-state index contributed by atoms with van der Waals surface area (Å²) in [5, 5.41) is 6.46. The second-order valence-electron chi connectivity index (χ2n) is 8.88. The highest BCUT2D eigenvalue weighted by atomic mass is 16.5. The number of methoxy groups -OCH3 is 1. The van der Waals surface area contributed by atoms with Gasteiger partial charge in [-0.15, -0.1) is 0 Å². The molecule has 3 rings (SSSR count). The van der Waals surface area contributed by atoms with Gasteiger partial charge < -0.3 is 25.0 Å². The van der Waals surface area contributed by atoms with Crippen LogP contribution in [0.1, 0.15) is 45.1 Å². The summed E-state index contributed by atoms with van der Waals surface area (Å²) < 4.78 is 11.7. The number of nitrogens with zero attached hydrogens (tertiary/aromatic N) is 3. The van der Waals surface area contributed by atoms with Crippen LogP contribution in [0.4, 0.5) is 0 Å². The number of hydrogen-bond donors (Lipinski definition) is 2. The molecule has 2 fully saturated rings. The van der Waals surface area contributed by atoms with Crippen LogP contribution in [-0.4, -0.2) is 80.7 Å². The quantitative estimate of drug-likeness (QED) is 0.472. The number of nitrogens with one attached hydrogen (secondary N) is 2. The standard InChI is InChI=1S/C24H39N5O3/c1-18(2)27-23(30)17-28-11-13-29(14-12-28)24(25-3)26-16-19-9-10-21(31-4)15-22(19)32-20-7-5-6-8-20/h9-10,15,18,20H,5-8,11-14,16-17H2,1-4H3,(H,25,26)(H,27,30).